The van der Waals surface area contributed by atoms with Crippen molar-refractivity contribution in [1.82, 2.24) is 14.5 Å². The second-order valence-electron chi connectivity index (χ2n) is 8.92. The maximum absolute atomic E-state index is 14.3. The fourth-order valence-corrected chi connectivity index (χ4v) is 3.87. The van der Waals surface area contributed by atoms with Crippen LogP contribution in [-0.4, -0.2) is 40.7 Å². The lowest BCUT2D eigenvalue weighted by atomic mass is 10.0. The van der Waals surface area contributed by atoms with Crippen LogP contribution in [0.5, 0.6) is 0 Å². The van der Waals surface area contributed by atoms with Gasteiger partial charge >= 0.3 is 6.09 Å². The lowest BCUT2D eigenvalue weighted by molar-refractivity contribution is 0.114. The average Bonchev–Trinajstić information content (AvgIpc) is 3.15. The van der Waals surface area contributed by atoms with E-state index in [1.54, 1.807) is 13.1 Å². The van der Waals surface area contributed by atoms with E-state index >= 15 is 0 Å². The second kappa shape index (κ2) is 12.2. The first-order chi connectivity index (χ1) is 16.8. The van der Waals surface area contributed by atoms with Gasteiger partial charge in [-0.25, -0.2) is 14.2 Å². The van der Waals surface area contributed by atoms with Crippen molar-refractivity contribution in [2.75, 3.05) is 20.2 Å². The number of hydrogen-bond acceptors (Lipinski definition) is 3. The highest BCUT2D eigenvalue weighted by atomic mass is 19.1. The van der Waals surface area contributed by atoms with Crippen molar-refractivity contribution in [3.63, 3.8) is 0 Å². The van der Waals surface area contributed by atoms with E-state index in [0.717, 1.165) is 46.9 Å². The molecule has 184 valence electrons. The van der Waals surface area contributed by atoms with Crippen LogP contribution in [-0.2, 0) is 17.6 Å². The molecule has 0 aliphatic carbocycles. The molecule has 0 saturated heterocycles. The molecule has 0 radical (unpaired) electrons. The largest absolute Gasteiger partial charge is 0.449 e. The number of unbranched alkanes of at least 4 members (excludes halogenated alkanes) is 1. The molecule has 1 amide bonds. The van der Waals surface area contributed by atoms with Gasteiger partial charge in [0.25, 0.3) is 0 Å². The zero-order chi connectivity index (χ0) is 25.4. The molecule has 0 unspecified atom stereocenters. The number of halogens is 1. The van der Waals surface area contributed by atoms with E-state index in [4.69, 9.17) is 9.72 Å². The van der Waals surface area contributed by atoms with Gasteiger partial charge in [-0.3, -0.25) is 0 Å². The van der Waals surface area contributed by atoms with Crippen LogP contribution >= 0.6 is 0 Å². The first-order valence-corrected chi connectivity index (χ1v) is 12.1. The first kappa shape index (κ1) is 26.0. The van der Waals surface area contributed by atoms with E-state index in [1.807, 2.05) is 13.0 Å². The van der Waals surface area contributed by atoms with E-state index in [0.29, 0.717) is 25.0 Å². The minimum absolute atomic E-state index is 0.213. The zero-order valence-corrected chi connectivity index (χ0v) is 21.3. The molecule has 0 N–H and O–H groups in total. The number of carbonyl (C=O) groups is 1. The van der Waals surface area contributed by atoms with Crippen LogP contribution in [0.1, 0.15) is 53.5 Å². The Morgan fingerprint density at radius 3 is 2.54 bits per heavy atom. The van der Waals surface area contributed by atoms with E-state index in [2.05, 4.69) is 61.4 Å². The number of pyridine rings is 1. The molecule has 5 nitrogen and oxygen atoms in total. The van der Waals surface area contributed by atoms with Gasteiger partial charge in [-0.1, -0.05) is 25.2 Å². The summed E-state index contributed by atoms with van der Waals surface area (Å²) in [6, 6.07) is 13.2. The fraction of sp³-hybridized carbons (Fsp3) is 0.379. The van der Waals surface area contributed by atoms with Crippen LogP contribution < -0.4 is 0 Å². The smallest absolute Gasteiger partial charge is 0.410 e. The number of aryl methyl sites for hydroxylation is 5. The number of carbonyl (C=O) groups excluding carboxylic acids is 1. The fourth-order valence-electron chi connectivity index (χ4n) is 3.87. The summed E-state index contributed by atoms with van der Waals surface area (Å²) in [7, 11) is 1.64. The maximum Gasteiger partial charge on any atom is 0.410 e. The quantitative estimate of drug-likeness (QED) is 0.299. The molecule has 1 aromatic carbocycles. The monoisotopic (exact) mass is 475 g/mol. The molecule has 0 bridgehead atoms. The van der Waals surface area contributed by atoms with Crippen molar-refractivity contribution >= 4 is 6.09 Å². The summed E-state index contributed by atoms with van der Waals surface area (Å²) < 4.78 is 21.6. The van der Waals surface area contributed by atoms with E-state index in [1.165, 1.54) is 11.0 Å². The van der Waals surface area contributed by atoms with Crippen LogP contribution in [0.25, 0.3) is 5.82 Å². The lowest BCUT2D eigenvalue weighted by Gasteiger charge is -2.13. The highest BCUT2D eigenvalue weighted by Gasteiger charge is 2.09. The third-order valence-electron chi connectivity index (χ3n) is 5.72. The first-order valence-electron chi connectivity index (χ1n) is 12.1. The van der Waals surface area contributed by atoms with Crippen molar-refractivity contribution in [2.24, 2.45) is 0 Å². The molecule has 0 aliphatic rings. The molecule has 0 aliphatic heterocycles. The van der Waals surface area contributed by atoms with E-state index < -0.39 is 6.09 Å². The Morgan fingerprint density at radius 2 is 1.83 bits per heavy atom. The van der Waals surface area contributed by atoms with Gasteiger partial charge in [0.1, 0.15) is 11.6 Å². The summed E-state index contributed by atoms with van der Waals surface area (Å²) >= 11 is 0. The van der Waals surface area contributed by atoms with Gasteiger partial charge in [0, 0.05) is 29.7 Å². The number of benzene rings is 1. The summed E-state index contributed by atoms with van der Waals surface area (Å²) in [6.07, 6.45) is 2.74. The van der Waals surface area contributed by atoms with Crippen molar-refractivity contribution in [3.05, 3.63) is 82.1 Å². The summed E-state index contributed by atoms with van der Waals surface area (Å²) in [5.74, 6) is 6.49. The molecule has 0 saturated carbocycles. The van der Waals surface area contributed by atoms with Crippen LogP contribution in [0.2, 0.25) is 0 Å². The molecule has 2 aromatic heterocycles. The number of ether oxygens (including phenoxy) is 1. The Morgan fingerprint density at radius 1 is 1.09 bits per heavy atom. The predicted octanol–water partition coefficient (Wildman–Crippen LogP) is 5.94. The molecule has 35 heavy (non-hydrogen) atoms. The second-order valence-corrected chi connectivity index (χ2v) is 8.92. The zero-order valence-electron chi connectivity index (χ0n) is 21.3. The van der Waals surface area contributed by atoms with Crippen LogP contribution in [0.15, 0.2) is 42.5 Å². The molecule has 0 atom stereocenters. The van der Waals surface area contributed by atoms with Gasteiger partial charge in [0.15, 0.2) is 0 Å². The minimum atomic E-state index is -0.400. The normalized spacial score (nSPS) is 10.6. The maximum atomic E-state index is 14.3. The standard InChI is InChI=1S/C29H34FN3O2/c1-6-7-15-35-29(34)32(5)14-8-9-24-18-25(20-26(30)19-24)12-13-27-16-21(2)17-28(31-27)33-22(3)10-11-23(33)4/h10-11,16-20H,6-7,12-15H2,1-5H3. The van der Waals surface area contributed by atoms with Gasteiger partial charge in [-0.2, -0.15) is 0 Å². The molecule has 3 aromatic rings. The number of hydrogen-bond donors (Lipinski definition) is 0. The lowest BCUT2D eigenvalue weighted by Crippen LogP contribution is -2.28. The molecule has 2 heterocycles. The van der Waals surface area contributed by atoms with Gasteiger partial charge < -0.3 is 14.2 Å². The molecular weight excluding hydrogens is 441 g/mol. The van der Waals surface area contributed by atoms with Crippen molar-refractivity contribution in [3.8, 4) is 17.7 Å². The summed E-state index contributed by atoms with van der Waals surface area (Å²) in [5.41, 5.74) is 5.83. The topological polar surface area (TPSA) is 47.4 Å². The molecular formula is C29H34FN3O2. The van der Waals surface area contributed by atoms with Crippen molar-refractivity contribution in [1.29, 1.82) is 0 Å². The molecule has 0 fully saturated rings. The van der Waals surface area contributed by atoms with Crippen molar-refractivity contribution in [2.45, 2.75) is 53.4 Å². The Labute approximate surface area is 207 Å². The van der Waals surface area contributed by atoms with Gasteiger partial charge in [-0.05, 0) is 93.6 Å². The Balaban J connectivity index is 1.66. The Kier molecular flexibility index (Phi) is 9.08. The number of nitrogens with zero attached hydrogens (tertiary/aromatic N) is 3. The van der Waals surface area contributed by atoms with Crippen LogP contribution in [0.4, 0.5) is 9.18 Å². The van der Waals surface area contributed by atoms with E-state index in [9.17, 15) is 9.18 Å². The Hall–Kier alpha value is -3.59. The van der Waals surface area contributed by atoms with Gasteiger partial charge in [0.2, 0.25) is 0 Å². The number of amides is 1. The summed E-state index contributed by atoms with van der Waals surface area (Å²) in [6.45, 7) is 8.86. The molecule has 0 spiro atoms. The van der Waals surface area contributed by atoms with Crippen molar-refractivity contribution < 1.29 is 13.9 Å². The predicted molar refractivity (Wildman–Crippen MR) is 137 cm³/mol. The number of rotatable bonds is 8. The summed E-state index contributed by atoms with van der Waals surface area (Å²) in [4.78, 5) is 18.2. The average molecular weight is 476 g/mol. The van der Waals surface area contributed by atoms with Crippen LogP contribution in [0, 0.1) is 38.4 Å². The SMILES string of the molecule is CCCCOC(=O)N(C)CC#Cc1cc(F)cc(CCc2cc(C)cc(-n3c(C)ccc3C)n2)c1. The third kappa shape index (κ3) is 7.45. The third-order valence-corrected chi connectivity index (χ3v) is 5.72. The highest BCUT2D eigenvalue weighted by molar-refractivity contribution is 5.67. The van der Waals surface area contributed by atoms with Crippen LogP contribution in [0.3, 0.4) is 0 Å². The number of aromatic nitrogens is 2. The Bertz CT molecular complexity index is 1220. The molecule has 6 heteroatoms. The summed E-state index contributed by atoms with van der Waals surface area (Å²) in [5, 5.41) is 0. The molecule has 3 rings (SSSR count). The minimum Gasteiger partial charge on any atom is -0.449 e. The van der Waals surface area contributed by atoms with Gasteiger partial charge in [0.05, 0.1) is 13.2 Å². The van der Waals surface area contributed by atoms with Gasteiger partial charge in [-0.15, -0.1) is 0 Å². The highest BCUT2D eigenvalue weighted by Crippen LogP contribution is 2.18. The van der Waals surface area contributed by atoms with E-state index in [-0.39, 0.29) is 12.4 Å².